The maximum absolute atomic E-state index is 14.1. The van der Waals surface area contributed by atoms with Crippen LogP contribution >= 0.6 is 0 Å². The minimum atomic E-state index is -3.85. The van der Waals surface area contributed by atoms with Crippen LogP contribution < -0.4 is 4.72 Å². The lowest BCUT2D eigenvalue weighted by Crippen LogP contribution is -2.20. The van der Waals surface area contributed by atoms with Gasteiger partial charge in [-0.2, -0.15) is 0 Å². The van der Waals surface area contributed by atoms with Crippen molar-refractivity contribution in [2.45, 2.75) is 37.5 Å². The summed E-state index contributed by atoms with van der Waals surface area (Å²) in [5, 5.41) is 0. The second kappa shape index (κ2) is 8.45. The van der Waals surface area contributed by atoms with Crippen LogP contribution in [0.5, 0.6) is 0 Å². The Balaban J connectivity index is 1.71. The van der Waals surface area contributed by atoms with E-state index in [2.05, 4.69) is 23.1 Å². The molecule has 1 fully saturated rings. The fraction of sp³-hybridized carbons (Fsp3) is 0.364. The molecule has 3 rings (SSSR count). The number of nitrogens with one attached hydrogen (secondary N) is 1. The van der Waals surface area contributed by atoms with Gasteiger partial charge in [-0.25, -0.2) is 12.8 Å². The van der Waals surface area contributed by atoms with Crippen molar-refractivity contribution in [3.8, 4) is 0 Å². The van der Waals surface area contributed by atoms with Crippen LogP contribution in [0.15, 0.2) is 53.9 Å². The maximum atomic E-state index is 14.1. The van der Waals surface area contributed by atoms with Crippen molar-refractivity contribution < 1.29 is 12.8 Å². The number of halogens is 1. The summed E-state index contributed by atoms with van der Waals surface area (Å²) in [6.45, 7) is 10.8. The summed E-state index contributed by atoms with van der Waals surface area (Å²) in [5.41, 5.74) is 2.56. The van der Waals surface area contributed by atoms with E-state index in [-0.39, 0.29) is 4.90 Å². The number of rotatable bonds is 7. The van der Waals surface area contributed by atoms with Crippen LogP contribution in [0.2, 0.25) is 0 Å². The first-order valence-electron chi connectivity index (χ1n) is 9.60. The normalized spacial score (nSPS) is 17.6. The first-order chi connectivity index (χ1) is 13.3. The van der Waals surface area contributed by atoms with E-state index in [0.717, 1.165) is 38.5 Å². The van der Waals surface area contributed by atoms with Gasteiger partial charge >= 0.3 is 0 Å². The summed E-state index contributed by atoms with van der Waals surface area (Å²) in [6.07, 6.45) is 2.28. The lowest BCUT2D eigenvalue weighted by molar-refractivity contribution is 0.335. The van der Waals surface area contributed by atoms with Crippen molar-refractivity contribution in [2.24, 2.45) is 0 Å². The van der Waals surface area contributed by atoms with Crippen LogP contribution in [0.25, 0.3) is 5.57 Å². The monoisotopic (exact) mass is 402 g/mol. The number of allylic oxidation sites excluding steroid dienone is 1. The van der Waals surface area contributed by atoms with E-state index in [4.69, 9.17) is 0 Å². The first-order valence-corrected chi connectivity index (χ1v) is 11.1. The molecule has 0 saturated carbocycles. The molecule has 150 valence electrons. The number of hydrogen-bond donors (Lipinski definition) is 1. The molecule has 28 heavy (non-hydrogen) atoms. The Morgan fingerprint density at radius 2 is 1.96 bits per heavy atom. The molecule has 0 amide bonds. The summed E-state index contributed by atoms with van der Waals surface area (Å²) in [5.74, 6) is -0.107. The lowest BCUT2D eigenvalue weighted by atomic mass is 9.98. The Hall–Kier alpha value is -2.18. The van der Waals surface area contributed by atoms with Crippen molar-refractivity contribution in [3.63, 3.8) is 0 Å². The Kier molecular flexibility index (Phi) is 6.20. The molecule has 0 spiro atoms. The quantitative estimate of drug-likeness (QED) is 0.720. The van der Waals surface area contributed by atoms with Gasteiger partial charge in [-0.15, -0.1) is 0 Å². The number of anilines is 1. The Morgan fingerprint density at radius 3 is 2.57 bits per heavy atom. The third-order valence-corrected chi connectivity index (χ3v) is 6.54. The second-order valence-corrected chi connectivity index (χ2v) is 9.12. The van der Waals surface area contributed by atoms with Crippen LogP contribution in [-0.4, -0.2) is 33.0 Å². The molecule has 1 saturated heterocycles. The molecule has 2 aromatic rings. The number of nitrogens with zero attached hydrogens (tertiary/aromatic N) is 1. The third kappa shape index (κ3) is 4.62. The van der Waals surface area contributed by atoms with E-state index >= 15 is 0 Å². The lowest BCUT2D eigenvalue weighted by Gasteiger charge is -2.15. The van der Waals surface area contributed by atoms with E-state index < -0.39 is 15.8 Å². The van der Waals surface area contributed by atoms with Gasteiger partial charge in [0, 0.05) is 17.8 Å². The SMILES string of the molecule is C=C(C)c1ccc(S(=O)(=O)Nc2ccc([C@@H]3CCN(CCC)C3)cc2)cc1F. The number of sulfonamides is 1. The Bertz CT molecular complexity index is 955. The van der Waals surface area contributed by atoms with Crippen molar-refractivity contribution in [1.82, 2.24) is 4.90 Å². The summed E-state index contributed by atoms with van der Waals surface area (Å²) >= 11 is 0. The van der Waals surface area contributed by atoms with Crippen LogP contribution in [0, 0.1) is 5.82 Å². The highest BCUT2D eigenvalue weighted by Gasteiger charge is 2.23. The predicted molar refractivity (Wildman–Crippen MR) is 112 cm³/mol. The molecule has 1 N–H and O–H groups in total. The van der Waals surface area contributed by atoms with E-state index in [1.807, 2.05) is 12.1 Å². The summed E-state index contributed by atoms with van der Waals surface area (Å²) in [4.78, 5) is 2.36. The van der Waals surface area contributed by atoms with Gasteiger partial charge in [0.15, 0.2) is 0 Å². The summed E-state index contributed by atoms with van der Waals surface area (Å²) in [6, 6.07) is 11.4. The largest absolute Gasteiger partial charge is 0.303 e. The van der Waals surface area contributed by atoms with Crippen LogP contribution in [0.4, 0.5) is 10.1 Å². The third-order valence-electron chi connectivity index (χ3n) is 5.16. The minimum Gasteiger partial charge on any atom is -0.303 e. The summed E-state index contributed by atoms with van der Waals surface area (Å²) < 4.78 is 41.8. The topological polar surface area (TPSA) is 49.4 Å². The van der Waals surface area contributed by atoms with Crippen molar-refractivity contribution in [2.75, 3.05) is 24.4 Å². The van der Waals surface area contributed by atoms with Gasteiger partial charge in [-0.3, -0.25) is 4.72 Å². The van der Waals surface area contributed by atoms with E-state index in [0.29, 0.717) is 22.7 Å². The Morgan fingerprint density at radius 1 is 1.25 bits per heavy atom. The molecule has 4 nitrogen and oxygen atoms in total. The van der Waals surface area contributed by atoms with Crippen LogP contribution in [0.3, 0.4) is 0 Å². The average Bonchev–Trinajstić information content (AvgIpc) is 3.10. The molecular weight excluding hydrogens is 375 g/mol. The van der Waals surface area contributed by atoms with Crippen LogP contribution in [0.1, 0.15) is 43.7 Å². The maximum Gasteiger partial charge on any atom is 0.261 e. The highest BCUT2D eigenvalue weighted by Crippen LogP contribution is 2.29. The number of benzene rings is 2. The molecule has 1 aliphatic rings. The molecule has 0 bridgehead atoms. The second-order valence-electron chi connectivity index (χ2n) is 7.44. The van der Waals surface area contributed by atoms with Crippen molar-refractivity contribution in [1.29, 1.82) is 0 Å². The van der Waals surface area contributed by atoms with Gasteiger partial charge in [0.25, 0.3) is 10.0 Å². The zero-order chi connectivity index (χ0) is 20.3. The van der Waals surface area contributed by atoms with E-state index in [9.17, 15) is 12.8 Å². The fourth-order valence-electron chi connectivity index (χ4n) is 3.67. The highest BCUT2D eigenvalue weighted by molar-refractivity contribution is 7.92. The smallest absolute Gasteiger partial charge is 0.261 e. The Labute approximate surface area is 167 Å². The molecule has 1 aliphatic heterocycles. The van der Waals surface area contributed by atoms with E-state index in [1.165, 1.54) is 17.7 Å². The molecule has 1 atom stereocenters. The zero-order valence-electron chi connectivity index (χ0n) is 16.4. The molecule has 6 heteroatoms. The minimum absolute atomic E-state index is 0.106. The average molecular weight is 403 g/mol. The van der Waals surface area contributed by atoms with Gasteiger partial charge in [0.05, 0.1) is 4.90 Å². The van der Waals surface area contributed by atoms with Gasteiger partial charge < -0.3 is 4.90 Å². The van der Waals surface area contributed by atoms with Crippen LogP contribution in [-0.2, 0) is 10.0 Å². The molecule has 2 aromatic carbocycles. The fourth-order valence-corrected chi connectivity index (χ4v) is 4.74. The van der Waals surface area contributed by atoms with Gasteiger partial charge in [-0.05, 0) is 74.2 Å². The van der Waals surface area contributed by atoms with Crippen molar-refractivity contribution in [3.05, 3.63) is 66.0 Å². The van der Waals surface area contributed by atoms with E-state index in [1.54, 1.807) is 19.1 Å². The number of hydrogen-bond acceptors (Lipinski definition) is 3. The standard InChI is InChI=1S/C22H27FN2O2S/c1-4-12-25-13-11-18(15-25)17-5-7-19(8-6-17)24-28(26,27)20-9-10-21(16(2)3)22(23)14-20/h5-10,14,18,24H,2,4,11-13,15H2,1,3H3/t18-/m1/s1. The molecule has 1 heterocycles. The molecular formula is C22H27FN2O2S. The van der Waals surface area contributed by atoms with Gasteiger partial charge in [0.1, 0.15) is 5.82 Å². The summed E-state index contributed by atoms with van der Waals surface area (Å²) in [7, 11) is -3.85. The number of likely N-dealkylation sites (tertiary alicyclic amines) is 1. The van der Waals surface area contributed by atoms with Crippen molar-refractivity contribution >= 4 is 21.3 Å². The zero-order valence-corrected chi connectivity index (χ0v) is 17.2. The first kappa shape index (κ1) is 20.6. The molecule has 0 unspecified atom stereocenters. The molecule has 0 aliphatic carbocycles. The highest BCUT2D eigenvalue weighted by atomic mass is 32.2. The molecule has 0 aromatic heterocycles. The van der Waals surface area contributed by atoms with Gasteiger partial charge in [-0.1, -0.05) is 31.7 Å². The van der Waals surface area contributed by atoms with Gasteiger partial charge in [0.2, 0.25) is 0 Å². The molecule has 0 radical (unpaired) electrons. The predicted octanol–water partition coefficient (Wildman–Crippen LogP) is 4.86.